The molecule has 0 atom stereocenters. The van der Waals surface area contributed by atoms with E-state index in [1.807, 2.05) is 13.8 Å². The number of aromatic nitrogens is 2. The molecular formula is C31H27FN4O5. The fraction of sp³-hybridized carbons (Fsp3) is 0.161. The highest BCUT2D eigenvalue weighted by Gasteiger charge is 2.26. The van der Waals surface area contributed by atoms with Crippen molar-refractivity contribution in [2.45, 2.75) is 26.7 Å². The average Bonchev–Trinajstić information content (AvgIpc) is 3.41. The summed E-state index contributed by atoms with van der Waals surface area (Å²) in [7, 11) is 1.36. The molecule has 4 aromatic rings. The van der Waals surface area contributed by atoms with Crippen LogP contribution >= 0.6 is 0 Å². The number of aryl methyl sites for hydroxylation is 1. The summed E-state index contributed by atoms with van der Waals surface area (Å²) in [5.74, 6) is -1.64. The predicted octanol–water partition coefficient (Wildman–Crippen LogP) is 4.77. The van der Waals surface area contributed by atoms with Crippen molar-refractivity contribution in [2.75, 3.05) is 17.7 Å². The summed E-state index contributed by atoms with van der Waals surface area (Å²) in [6, 6.07) is 13.3. The number of amides is 2. The van der Waals surface area contributed by atoms with Crippen LogP contribution in [0.25, 0.3) is 17.3 Å². The van der Waals surface area contributed by atoms with E-state index in [0.29, 0.717) is 34.6 Å². The van der Waals surface area contributed by atoms with Crippen molar-refractivity contribution >= 4 is 40.8 Å². The Hall–Kier alpha value is -5.25. The van der Waals surface area contributed by atoms with Gasteiger partial charge in [0, 0.05) is 40.9 Å². The van der Waals surface area contributed by atoms with Crippen LogP contribution in [0.5, 0.6) is 0 Å². The van der Waals surface area contributed by atoms with E-state index in [-0.39, 0.29) is 23.9 Å². The number of ether oxygens (including phenoxy) is 1. The van der Waals surface area contributed by atoms with Crippen molar-refractivity contribution < 1.29 is 23.5 Å². The number of hydrogen-bond donors (Lipinski definition) is 3. The second kappa shape index (κ2) is 11.1. The van der Waals surface area contributed by atoms with E-state index in [1.165, 1.54) is 48.2 Å². The van der Waals surface area contributed by atoms with Gasteiger partial charge in [-0.3, -0.25) is 23.7 Å². The van der Waals surface area contributed by atoms with Gasteiger partial charge in [-0.25, -0.2) is 4.39 Å². The number of rotatable bonds is 7. The number of anilines is 2. The second-order valence-corrected chi connectivity index (χ2v) is 9.64. The molecule has 0 unspecified atom stereocenters. The Labute approximate surface area is 234 Å². The average molecular weight is 555 g/mol. The lowest BCUT2D eigenvalue weighted by atomic mass is 10.0. The Morgan fingerprint density at radius 1 is 1.07 bits per heavy atom. The van der Waals surface area contributed by atoms with Crippen LogP contribution in [0.15, 0.2) is 65.6 Å². The maximum atomic E-state index is 13.3. The van der Waals surface area contributed by atoms with Crippen molar-refractivity contribution in [1.29, 1.82) is 0 Å². The van der Waals surface area contributed by atoms with Crippen LogP contribution in [-0.2, 0) is 20.7 Å². The summed E-state index contributed by atoms with van der Waals surface area (Å²) in [6.07, 6.45) is 4.05. The molecule has 5 rings (SSSR count). The normalized spacial score (nSPS) is 13.2. The highest BCUT2D eigenvalue weighted by Crippen LogP contribution is 2.36. The molecule has 0 fully saturated rings. The maximum absolute atomic E-state index is 13.3. The lowest BCUT2D eigenvalue weighted by Gasteiger charge is -2.10. The van der Waals surface area contributed by atoms with Gasteiger partial charge in [-0.15, -0.1) is 0 Å². The zero-order valence-electron chi connectivity index (χ0n) is 22.6. The quantitative estimate of drug-likeness (QED) is 0.224. The SMILES string of the molecule is COC(=O)CCc1c(C)[nH]c(/C=C2\C(=O)Nc3cc(NC(=O)c4cccn(-c5ccc(F)cc5)c4=O)ccc32)c1C. The highest BCUT2D eigenvalue weighted by atomic mass is 19.1. The van der Waals surface area contributed by atoms with Gasteiger partial charge in [0.25, 0.3) is 17.4 Å². The summed E-state index contributed by atoms with van der Waals surface area (Å²) >= 11 is 0. The van der Waals surface area contributed by atoms with Crippen LogP contribution < -0.4 is 16.2 Å². The number of hydrogen-bond acceptors (Lipinski definition) is 5. The molecule has 0 aliphatic carbocycles. The summed E-state index contributed by atoms with van der Waals surface area (Å²) < 4.78 is 19.3. The number of methoxy groups -OCH3 is 1. The highest BCUT2D eigenvalue weighted by molar-refractivity contribution is 6.35. The fourth-order valence-electron chi connectivity index (χ4n) is 4.89. The molecule has 0 saturated heterocycles. The Morgan fingerprint density at radius 3 is 2.56 bits per heavy atom. The standard InChI is InChI=1S/C31H27FN4O5/c1-17-22(12-13-28(37)41-3)18(2)33-26(17)16-25-23-11-8-20(15-27(23)35-30(25)39)34-29(38)24-5-4-14-36(31(24)40)21-9-6-19(32)7-10-21/h4-11,14-16,33H,12-13H2,1-3H3,(H,34,38)(H,35,39)/b25-16-. The number of carbonyl (C=O) groups is 3. The Bertz CT molecular complexity index is 1780. The number of halogens is 1. The largest absolute Gasteiger partial charge is 0.469 e. The van der Waals surface area contributed by atoms with Gasteiger partial charge in [0.1, 0.15) is 11.4 Å². The van der Waals surface area contributed by atoms with Gasteiger partial charge in [-0.05, 0) is 86.0 Å². The summed E-state index contributed by atoms with van der Waals surface area (Å²) in [6.45, 7) is 3.85. The molecule has 2 aromatic carbocycles. The van der Waals surface area contributed by atoms with Crippen LogP contribution in [-0.4, -0.2) is 34.4 Å². The molecule has 1 aliphatic rings. The third kappa shape index (κ3) is 5.44. The van der Waals surface area contributed by atoms with Gasteiger partial charge in [0.2, 0.25) is 0 Å². The molecule has 1 aliphatic heterocycles. The molecule has 0 spiro atoms. The molecule has 0 bridgehead atoms. The fourth-order valence-corrected chi connectivity index (χ4v) is 4.89. The minimum atomic E-state index is -0.622. The molecular weight excluding hydrogens is 527 g/mol. The number of benzene rings is 2. The Kier molecular flexibility index (Phi) is 7.39. The van der Waals surface area contributed by atoms with E-state index in [2.05, 4.69) is 15.6 Å². The van der Waals surface area contributed by atoms with Crippen molar-refractivity contribution in [1.82, 2.24) is 9.55 Å². The zero-order valence-corrected chi connectivity index (χ0v) is 22.6. The molecule has 0 radical (unpaired) electrons. The van der Waals surface area contributed by atoms with Gasteiger partial charge in [-0.2, -0.15) is 0 Å². The predicted molar refractivity (Wildman–Crippen MR) is 153 cm³/mol. The van der Waals surface area contributed by atoms with E-state index >= 15 is 0 Å². The molecule has 2 amide bonds. The van der Waals surface area contributed by atoms with E-state index in [1.54, 1.807) is 30.3 Å². The molecule has 10 heteroatoms. The number of fused-ring (bicyclic) bond motifs is 1. The molecule has 3 N–H and O–H groups in total. The smallest absolute Gasteiger partial charge is 0.305 e. The van der Waals surface area contributed by atoms with Gasteiger partial charge in [0.05, 0.1) is 18.4 Å². The van der Waals surface area contributed by atoms with E-state index in [9.17, 15) is 23.6 Å². The molecule has 41 heavy (non-hydrogen) atoms. The van der Waals surface area contributed by atoms with Crippen LogP contribution in [0.4, 0.5) is 15.8 Å². The lowest BCUT2D eigenvalue weighted by Crippen LogP contribution is -2.27. The second-order valence-electron chi connectivity index (χ2n) is 9.64. The van der Waals surface area contributed by atoms with Crippen LogP contribution in [0.3, 0.4) is 0 Å². The van der Waals surface area contributed by atoms with Crippen molar-refractivity contribution in [2.24, 2.45) is 0 Å². The minimum absolute atomic E-state index is 0.0949. The number of aromatic amines is 1. The van der Waals surface area contributed by atoms with Gasteiger partial charge >= 0.3 is 5.97 Å². The zero-order chi connectivity index (χ0) is 29.3. The third-order valence-corrected chi connectivity index (χ3v) is 7.08. The summed E-state index contributed by atoms with van der Waals surface area (Å²) in [5, 5.41) is 5.54. The van der Waals surface area contributed by atoms with Gasteiger partial charge in [0.15, 0.2) is 0 Å². The lowest BCUT2D eigenvalue weighted by molar-refractivity contribution is -0.140. The van der Waals surface area contributed by atoms with Crippen LogP contribution in [0.2, 0.25) is 0 Å². The van der Waals surface area contributed by atoms with Crippen LogP contribution in [0.1, 0.15) is 44.9 Å². The monoisotopic (exact) mass is 554 g/mol. The number of pyridine rings is 1. The maximum Gasteiger partial charge on any atom is 0.305 e. The first-order valence-corrected chi connectivity index (χ1v) is 12.9. The number of esters is 1. The first-order valence-electron chi connectivity index (χ1n) is 12.9. The number of nitrogens with one attached hydrogen (secondary N) is 3. The van der Waals surface area contributed by atoms with Crippen LogP contribution in [0, 0.1) is 19.7 Å². The van der Waals surface area contributed by atoms with Crippen molar-refractivity contribution in [3.8, 4) is 5.69 Å². The topological polar surface area (TPSA) is 122 Å². The molecule has 9 nitrogen and oxygen atoms in total. The molecule has 3 heterocycles. The van der Waals surface area contributed by atoms with E-state index in [4.69, 9.17) is 4.74 Å². The Morgan fingerprint density at radius 2 is 1.83 bits per heavy atom. The first kappa shape index (κ1) is 27.3. The minimum Gasteiger partial charge on any atom is -0.469 e. The Balaban J connectivity index is 1.37. The van der Waals surface area contributed by atoms with Gasteiger partial charge < -0.3 is 20.4 Å². The van der Waals surface area contributed by atoms with E-state index < -0.39 is 17.3 Å². The third-order valence-electron chi connectivity index (χ3n) is 7.08. The molecule has 0 saturated carbocycles. The summed E-state index contributed by atoms with van der Waals surface area (Å²) in [5.41, 5.74) is 5.41. The summed E-state index contributed by atoms with van der Waals surface area (Å²) in [4.78, 5) is 53.8. The number of H-pyrrole nitrogens is 1. The van der Waals surface area contributed by atoms with Crippen molar-refractivity contribution in [3.05, 3.63) is 111 Å². The number of nitrogens with zero attached hydrogens (tertiary/aromatic N) is 1. The van der Waals surface area contributed by atoms with Gasteiger partial charge in [-0.1, -0.05) is 6.07 Å². The van der Waals surface area contributed by atoms with Crippen molar-refractivity contribution in [3.63, 3.8) is 0 Å². The molecule has 208 valence electrons. The first-order chi connectivity index (χ1) is 19.7. The number of carbonyl (C=O) groups excluding carboxylic acids is 3. The molecule has 2 aromatic heterocycles. The van der Waals surface area contributed by atoms with E-state index in [0.717, 1.165) is 22.5 Å².